The first-order valence-corrected chi connectivity index (χ1v) is 3.51. The Morgan fingerprint density at radius 1 is 1.82 bits per heavy atom. The Morgan fingerprint density at radius 2 is 2.55 bits per heavy atom. The van der Waals surface area contributed by atoms with E-state index in [1.807, 2.05) is 6.92 Å². The van der Waals surface area contributed by atoms with Crippen molar-refractivity contribution in [1.29, 1.82) is 0 Å². The highest BCUT2D eigenvalue weighted by Gasteiger charge is 2.06. The predicted molar refractivity (Wildman–Crippen MR) is 39.6 cm³/mol. The lowest BCUT2D eigenvalue weighted by molar-refractivity contribution is 0.195. The Morgan fingerprint density at radius 3 is 3.09 bits per heavy atom. The molecule has 0 aromatic carbocycles. The summed E-state index contributed by atoms with van der Waals surface area (Å²) >= 11 is 0. The van der Waals surface area contributed by atoms with Crippen LogP contribution in [0.3, 0.4) is 0 Å². The maximum absolute atomic E-state index is 10.5. The molecule has 1 rings (SSSR count). The molecule has 1 heterocycles. The molecule has 0 aliphatic heterocycles. The molecule has 0 amide bonds. The summed E-state index contributed by atoms with van der Waals surface area (Å²) < 4.78 is 1.14. The molecule has 1 aromatic heterocycles. The van der Waals surface area contributed by atoms with Crippen molar-refractivity contribution >= 4 is 6.09 Å². The zero-order valence-corrected chi connectivity index (χ0v) is 6.32. The highest BCUT2D eigenvalue weighted by Crippen LogP contribution is 1.99. The van der Waals surface area contributed by atoms with Crippen LogP contribution in [0.15, 0.2) is 12.4 Å². The van der Waals surface area contributed by atoms with Crippen LogP contribution in [-0.2, 0) is 6.42 Å². The van der Waals surface area contributed by atoms with Crippen molar-refractivity contribution in [3.8, 4) is 0 Å². The molecule has 0 radical (unpaired) electrons. The molecule has 11 heavy (non-hydrogen) atoms. The number of aromatic nitrogens is 2. The van der Waals surface area contributed by atoms with Crippen LogP contribution in [-0.4, -0.2) is 20.8 Å². The van der Waals surface area contributed by atoms with Gasteiger partial charge in [-0.25, -0.2) is 14.3 Å². The Bertz CT molecular complexity index is 255. The van der Waals surface area contributed by atoms with E-state index in [4.69, 9.17) is 5.11 Å². The fourth-order valence-electron chi connectivity index (χ4n) is 0.917. The maximum atomic E-state index is 10.5. The molecule has 0 fully saturated rings. The molecular weight excluding hydrogens is 144 g/mol. The molecule has 60 valence electrons. The summed E-state index contributed by atoms with van der Waals surface area (Å²) in [5.41, 5.74) is 0. The molecular formula is C7H10N2O2. The number of nitrogens with zero attached hydrogens (tertiary/aromatic N) is 2. The van der Waals surface area contributed by atoms with Crippen molar-refractivity contribution in [2.45, 2.75) is 19.8 Å². The first kappa shape index (κ1) is 7.78. The van der Waals surface area contributed by atoms with Gasteiger partial charge in [-0.15, -0.1) is 0 Å². The molecule has 0 aliphatic rings. The van der Waals surface area contributed by atoms with Gasteiger partial charge in [-0.2, -0.15) is 0 Å². The molecule has 0 unspecified atom stereocenters. The van der Waals surface area contributed by atoms with Gasteiger partial charge in [-0.1, -0.05) is 6.92 Å². The minimum atomic E-state index is -0.967. The number of aryl methyl sites for hydroxylation is 1. The van der Waals surface area contributed by atoms with Gasteiger partial charge in [0.05, 0.1) is 0 Å². The third kappa shape index (κ3) is 1.58. The van der Waals surface area contributed by atoms with Crippen LogP contribution in [0.25, 0.3) is 0 Å². The fourth-order valence-corrected chi connectivity index (χ4v) is 0.917. The summed E-state index contributed by atoms with van der Waals surface area (Å²) in [6.07, 6.45) is 3.60. The minimum absolute atomic E-state index is 0.611. The molecule has 0 aliphatic carbocycles. The van der Waals surface area contributed by atoms with E-state index in [1.165, 1.54) is 12.4 Å². The second-order valence-corrected chi connectivity index (χ2v) is 2.25. The smallest absolute Gasteiger partial charge is 0.416 e. The average molecular weight is 154 g/mol. The van der Waals surface area contributed by atoms with Gasteiger partial charge in [0.2, 0.25) is 0 Å². The summed E-state index contributed by atoms with van der Waals surface area (Å²) in [5, 5.41) is 8.60. The van der Waals surface area contributed by atoms with Gasteiger partial charge in [0.25, 0.3) is 0 Å². The van der Waals surface area contributed by atoms with Crippen LogP contribution in [0.5, 0.6) is 0 Å². The summed E-state index contributed by atoms with van der Waals surface area (Å²) in [6, 6.07) is 0. The molecule has 1 N–H and O–H groups in total. The standard InChI is InChI=1S/C7H10N2O2/c1-2-3-6-8-4-5-9(6)7(10)11/h4-5H,2-3H2,1H3,(H,10,11). The van der Waals surface area contributed by atoms with Gasteiger partial charge < -0.3 is 5.11 Å². The SMILES string of the molecule is CCCc1nccn1C(=O)O. The summed E-state index contributed by atoms with van der Waals surface area (Å²) in [4.78, 5) is 14.4. The Labute approximate surface area is 64.5 Å². The zero-order valence-electron chi connectivity index (χ0n) is 6.32. The van der Waals surface area contributed by atoms with Crippen molar-refractivity contribution in [3.63, 3.8) is 0 Å². The summed E-state index contributed by atoms with van der Waals surface area (Å²) in [6.45, 7) is 1.99. The van der Waals surface area contributed by atoms with Gasteiger partial charge >= 0.3 is 6.09 Å². The van der Waals surface area contributed by atoms with E-state index in [1.54, 1.807) is 0 Å². The Balaban J connectivity index is 2.87. The van der Waals surface area contributed by atoms with E-state index in [0.717, 1.165) is 11.0 Å². The number of carbonyl (C=O) groups is 1. The number of rotatable bonds is 2. The number of imidazole rings is 1. The van der Waals surface area contributed by atoms with Gasteiger partial charge in [0.15, 0.2) is 0 Å². The molecule has 1 aromatic rings. The van der Waals surface area contributed by atoms with Crippen LogP contribution in [0.1, 0.15) is 19.2 Å². The fraction of sp³-hybridized carbons (Fsp3) is 0.429. The van der Waals surface area contributed by atoms with E-state index in [9.17, 15) is 4.79 Å². The number of hydrogen-bond acceptors (Lipinski definition) is 2. The first-order chi connectivity index (χ1) is 5.25. The molecule has 0 bridgehead atoms. The lowest BCUT2D eigenvalue weighted by Crippen LogP contribution is -2.10. The third-order valence-corrected chi connectivity index (χ3v) is 1.40. The normalized spacial score (nSPS) is 9.91. The van der Waals surface area contributed by atoms with Crippen molar-refractivity contribution in [1.82, 2.24) is 9.55 Å². The summed E-state index contributed by atoms with van der Waals surface area (Å²) in [7, 11) is 0. The lowest BCUT2D eigenvalue weighted by atomic mass is 10.3. The molecule has 0 saturated carbocycles. The van der Waals surface area contributed by atoms with Crippen LogP contribution < -0.4 is 0 Å². The Hall–Kier alpha value is -1.32. The molecule has 0 spiro atoms. The third-order valence-electron chi connectivity index (χ3n) is 1.40. The van der Waals surface area contributed by atoms with Crippen LogP contribution in [0, 0.1) is 0 Å². The largest absolute Gasteiger partial charge is 0.464 e. The topological polar surface area (TPSA) is 55.1 Å². The van der Waals surface area contributed by atoms with Crippen LogP contribution >= 0.6 is 0 Å². The molecule has 0 atom stereocenters. The van der Waals surface area contributed by atoms with Gasteiger partial charge in [-0.05, 0) is 6.42 Å². The van der Waals surface area contributed by atoms with E-state index in [-0.39, 0.29) is 0 Å². The van der Waals surface area contributed by atoms with Crippen molar-refractivity contribution in [2.75, 3.05) is 0 Å². The van der Waals surface area contributed by atoms with Crippen LogP contribution in [0.4, 0.5) is 4.79 Å². The van der Waals surface area contributed by atoms with E-state index in [0.29, 0.717) is 12.2 Å². The van der Waals surface area contributed by atoms with Gasteiger partial charge in [0, 0.05) is 18.8 Å². The highest BCUT2D eigenvalue weighted by molar-refractivity contribution is 5.68. The van der Waals surface area contributed by atoms with E-state index >= 15 is 0 Å². The lowest BCUT2D eigenvalue weighted by Gasteiger charge is -1.98. The van der Waals surface area contributed by atoms with Crippen molar-refractivity contribution < 1.29 is 9.90 Å². The van der Waals surface area contributed by atoms with Gasteiger partial charge in [-0.3, -0.25) is 0 Å². The Kier molecular flexibility index (Phi) is 2.25. The summed E-state index contributed by atoms with van der Waals surface area (Å²) in [5.74, 6) is 0.611. The maximum Gasteiger partial charge on any atom is 0.416 e. The van der Waals surface area contributed by atoms with Gasteiger partial charge in [0.1, 0.15) is 5.82 Å². The van der Waals surface area contributed by atoms with Crippen LogP contribution in [0.2, 0.25) is 0 Å². The quantitative estimate of drug-likeness (QED) is 0.699. The second kappa shape index (κ2) is 3.18. The minimum Gasteiger partial charge on any atom is -0.464 e. The van der Waals surface area contributed by atoms with Crippen molar-refractivity contribution in [2.24, 2.45) is 0 Å². The monoisotopic (exact) mass is 154 g/mol. The first-order valence-electron chi connectivity index (χ1n) is 3.51. The molecule has 4 nitrogen and oxygen atoms in total. The van der Waals surface area contributed by atoms with Crippen molar-refractivity contribution in [3.05, 3.63) is 18.2 Å². The zero-order chi connectivity index (χ0) is 8.27. The second-order valence-electron chi connectivity index (χ2n) is 2.25. The predicted octanol–water partition coefficient (Wildman–Crippen LogP) is 1.36. The molecule has 4 heteroatoms. The van der Waals surface area contributed by atoms with E-state index < -0.39 is 6.09 Å². The van der Waals surface area contributed by atoms with E-state index in [2.05, 4.69) is 4.98 Å². The number of hydrogen-bond donors (Lipinski definition) is 1. The highest BCUT2D eigenvalue weighted by atomic mass is 16.4. The molecule has 0 saturated heterocycles. The number of carboxylic acid groups (broad SMARTS) is 1. The average Bonchev–Trinajstić information content (AvgIpc) is 2.36.